The summed E-state index contributed by atoms with van der Waals surface area (Å²) < 4.78 is 11.1. The highest BCUT2D eigenvalue weighted by Crippen LogP contribution is 2.26. The molecule has 0 saturated carbocycles. The molecule has 1 fully saturated rings. The van der Waals surface area contributed by atoms with Crippen molar-refractivity contribution in [2.45, 2.75) is 19.4 Å². The zero-order valence-electron chi connectivity index (χ0n) is 17.5. The lowest BCUT2D eigenvalue weighted by Crippen LogP contribution is -2.39. The monoisotopic (exact) mass is 522 g/mol. The third kappa shape index (κ3) is 5.78. The number of benzene rings is 2. The first-order valence-corrected chi connectivity index (χ1v) is 10.4. The molecule has 2 aliphatic rings. The second kappa shape index (κ2) is 11.4. The van der Waals surface area contributed by atoms with E-state index in [1.165, 1.54) is 22.4 Å². The van der Waals surface area contributed by atoms with E-state index < -0.39 is 0 Å². The number of fused-ring (bicyclic) bond motifs is 1. The van der Waals surface area contributed by atoms with Gasteiger partial charge in [-0.05, 0) is 35.2 Å². The van der Waals surface area contributed by atoms with E-state index in [9.17, 15) is 0 Å². The number of anilines is 1. The summed E-state index contributed by atoms with van der Waals surface area (Å²) >= 11 is 0. The van der Waals surface area contributed by atoms with Crippen LogP contribution in [0.15, 0.2) is 47.5 Å². The molecule has 2 aliphatic heterocycles. The first kappa shape index (κ1) is 22.7. The van der Waals surface area contributed by atoms with Crippen LogP contribution in [0.3, 0.4) is 0 Å². The minimum atomic E-state index is 0. The Balaban J connectivity index is 0.00000256. The zero-order chi connectivity index (χ0) is 19.9. The van der Waals surface area contributed by atoms with Crippen LogP contribution in [-0.2, 0) is 24.1 Å². The van der Waals surface area contributed by atoms with Gasteiger partial charge < -0.3 is 25.0 Å². The van der Waals surface area contributed by atoms with Crippen molar-refractivity contribution >= 4 is 35.6 Å². The number of aliphatic imine (C=N–C) groups is 1. The second-order valence-corrected chi connectivity index (χ2v) is 7.37. The van der Waals surface area contributed by atoms with E-state index in [-0.39, 0.29) is 24.0 Å². The number of nitrogens with one attached hydrogen (secondary N) is 2. The minimum absolute atomic E-state index is 0. The quantitative estimate of drug-likeness (QED) is 0.347. The third-order valence-corrected chi connectivity index (χ3v) is 5.47. The van der Waals surface area contributed by atoms with Crippen molar-refractivity contribution in [3.8, 4) is 5.75 Å². The predicted molar refractivity (Wildman–Crippen MR) is 132 cm³/mol. The van der Waals surface area contributed by atoms with Crippen molar-refractivity contribution in [3.05, 3.63) is 59.2 Å². The average molecular weight is 522 g/mol. The summed E-state index contributed by atoms with van der Waals surface area (Å²) in [7, 11) is 1.82. The Morgan fingerprint density at radius 1 is 1.07 bits per heavy atom. The predicted octanol–water partition coefficient (Wildman–Crippen LogP) is 2.98. The summed E-state index contributed by atoms with van der Waals surface area (Å²) in [6.45, 7) is 5.85. The first-order chi connectivity index (χ1) is 14.3. The van der Waals surface area contributed by atoms with Gasteiger partial charge in [0.15, 0.2) is 5.96 Å². The maximum Gasteiger partial charge on any atom is 0.191 e. The molecular weight excluding hydrogens is 491 g/mol. The standard InChI is InChI=1S/C23H30N4O2.HI/c1-24-23(25-10-8-18-6-7-22-19(16-18)9-13-29-22)26-17-20-4-2-3-5-21(20)27-11-14-28-15-12-27;/h2-7,16H,8-15,17H2,1H3,(H2,24,25,26);1H. The summed E-state index contributed by atoms with van der Waals surface area (Å²) in [6, 6.07) is 15.1. The molecule has 0 bridgehead atoms. The molecule has 0 aliphatic carbocycles. The van der Waals surface area contributed by atoms with E-state index >= 15 is 0 Å². The van der Waals surface area contributed by atoms with Gasteiger partial charge in [0.1, 0.15) is 5.75 Å². The van der Waals surface area contributed by atoms with E-state index in [1.54, 1.807) is 0 Å². The third-order valence-electron chi connectivity index (χ3n) is 5.47. The second-order valence-electron chi connectivity index (χ2n) is 7.37. The van der Waals surface area contributed by atoms with E-state index in [2.05, 4.69) is 63.0 Å². The maximum atomic E-state index is 5.59. The van der Waals surface area contributed by atoms with Crippen molar-refractivity contribution in [3.63, 3.8) is 0 Å². The first-order valence-electron chi connectivity index (χ1n) is 10.4. The lowest BCUT2D eigenvalue weighted by molar-refractivity contribution is 0.122. The van der Waals surface area contributed by atoms with Crippen LogP contribution in [0.2, 0.25) is 0 Å². The van der Waals surface area contributed by atoms with Crippen LogP contribution >= 0.6 is 24.0 Å². The van der Waals surface area contributed by atoms with Crippen molar-refractivity contribution in [1.29, 1.82) is 0 Å². The van der Waals surface area contributed by atoms with Gasteiger partial charge in [0.2, 0.25) is 0 Å². The molecule has 30 heavy (non-hydrogen) atoms. The van der Waals surface area contributed by atoms with E-state index in [4.69, 9.17) is 9.47 Å². The van der Waals surface area contributed by atoms with Gasteiger partial charge in [-0.3, -0.25) is 4.99 Å². The van der Waals surface area contributed by atoms with Gasteiger partial charge in [-0.15, -0.1) is 24.0 Å². The molecule has 6 nitrogen and oxygen atoms in total. The molecule has 0 spiro atoms. The number of rotatable bonds is 6. The Hall–Kier alpha value is -2.00. The summed E-state index contributed by atoms with van der Waals surface area (Å²) in [5, 5.41) is 6.88. The van der Waals surface area contributed by atoms with Crippen molar-refractivity contribution in [1.82, 2.24) is 10.6 Å². The van der Waals surface area contributed by atoms with Crippen LogP contribution in [0.5, 0.6) is 5.75 Å². The average Bonchev–Trinajstić information content (AvgIpc) is 3.25. The van der Waals surface area contributed by atoms with Crippen molar-refractivity contribution in [2.24, 2.45) is 4.99 Å². The maximum absolute atomic E-state index is 5.59. The Bertz CT molecular complexity index is 853. The van der Waals surface area contributed by atoms with Crippen LogP contribution in [0.25, 0.3) is 0 Å². The number of hydrogen-bond donors (Lipinski definition) is 2. The van der Waals surface area contributed by atoms with Crippen LogP contribution in [0.4, 0.5) is 5.69 Å². The van der Waals surface area contributed by atoms with Gasteiger partial charge in [0.05, 0.1) is 19.8 Å². The molecule has 0 atom stereocenters. The molecule has 0 aromatic heterocycles. The number of halogens is 1. The summed E-state index contributed by atoms with van der Waals surface area (Å²) in [4.78, 5) is 6.77. The number of nitrogens with zero attached hydrogens (tertiary/aromatic N) is 2. The molecular formula is C23H31IN4O2. The van der Waals surface area contributed by atoms with Gasteiger partial charge in [-0.2, -0.15) is 0 Å². The van der Waals surface area contributed by atoms with Crippen molar-refractivity contribution < 1.29 is 9.47 Å². The van der Waals surface area contributed by atoms with Crippen molar-refractivity contribution in [2.75, 3.05) is 51.4 Å². The molecule has 2 aromatic rings. The highest BCUT2D eigenvalue weighted by Gasteiger charge is 2.15. The molecule has 0 unspecified atom stereocenters. The van der Waals surface area contributed by atoms with Crippen LogP contribution in [0, 0.1) is 0 Å². The van der Waals surface area contributed by atoms with E-state index in [1.807, 2.05) is 7.05 Å². The summed E-state index contributed by atoms with van der Waals surface area (Å²) in [5.74, 6) is 1.87. The molecule has 1 saturated heterocycles. The number of para-hydroxylation sites is 1. The normalized spacial score (nSPS) is 15.8. The molecule has 0 radical (unpaired) electrons. The largest absolute Gasteiger partial charge is 0.493 e. The number of morpholine rings is 1. The Labute approximate surface area is 196 Å². The van der Waals surface area contributed by atoms with Crippen LogP contribution in [0.1, 0.15) is 16.7 Å². The highest BCUT2D eigenvalue weighted by molar-refractivity contribution is 14.0. The highest BCUT2D eigenvalue weighted by atomic mass is 127. The molecule has 0 amide bonds. The fourth-order valence-corrected chi connectivity index (χ4v) is 3.89. The lowest BCUT2D eigenvalue weighted by Gasteiger charge is -2.30. The summed E-state index contributed by atoms with van der Waals surface area (Å²) in [5.41, 5.74) is 5.20. The molecule has 2 aromatic carbocycles. The lowest BCUT2D eigenvalue weighted by atomic mass is 10.1. The number of guanidine groups is 1. The zero-order valence-corrected chi connectivity index (χ0v) is 19.9. The smallest absolute Gasteiger partial charge is 0.191 e. The van der Waals surface area contributed by atoms with E-state index in [0.717, 1.165) is 70.6 Å². The summed E-state index contributed by atoms with van der Waals surface area (Å²) in [6.07, 6.45) is 1.97. The van der Waals surface area contributed by atoms with Gasteiger partial charge in [0.25, 0.3) is 0 Å². The molecule has 2 N–H and O–H groups in total. The fraction of sp³-hybridized carbons (Fsp3) is 0.435. The Kier molecular flexibility index (Phi) is 8.62. The molecule has 162 valence electrons. The minimum Gasteiger partial charge on any atom is -0.493 e. The SMILES string of the molecule is CN=C(NCCc1ccc2c(c1)CCO2)NCc1ccccc1N1CCOCC1.I. The van der Waals surface area contributed by atoms with Crippen LogP contribution in [-0.4, -0.2) is 52.5 Å². The molecule has 7 heteroatoms. The number of hydrogen-bond acceptors (Lipinski definition) is 4. The Morgan fingerprint density at radius 3 is 2.73 bits per heavy atom. The number of ether oxygens (including phenoxy) is 2. The van der Waals surface area contributed by atoms with Gasteiger partial charge in [-0.1, -0.05) is 30.3 Å². The fourth-order valence-electron chi connectivity index (χ4n) is 3.89. The Morgan fingerprint density at radius 2 is 1.90 bits per heavy atom. The topological polar surface area (TPSA) is 58.1 Å². The molecule has 4 rings (SSSR count). The van der Waals surface area contributed by atoms with Gasteiger partial charge in [-0.25, -0.2) is 0 Å². The van der Waals surface area contributed by atoms with Gasteiger partial charge >= 0.3 is 0 Å². The van der Waals surface area contributed by atoms with Crippen LogP contribution < -0.4 is 20.3 Å². The van der Waals surface area contributed by atoms with E-state index in [0.29, 0.717) is 0 Å². The molecule has 2 heterocycles. The van der Waals surface area contributed by atoms with Gasteiger partial charge in [0, 0.05) is 45.3 Å².